The van der Waals surface area contributed by atoms with Crippen molar-refractivity contribution in [3.8, 4) is 0 Å². The van der Waals surface area contributed by atoms with Gasteiger partial charge in [-0.2, -0.15) is 0 Å². The molecule has 0 amide bonds. The van der Waals surface area contributed by atoms with Crippen LogP contribution in [0.5, 0.6) is 0 Å². The Morgan fingerprint density at radius 3 is 2.72 bits per heavy atom. The van der Waals surface area contributed by atoms with Crippen LogP contribution in [0.1, 0.15) is 12.0 Å². The third-order valence-electron chi connectivity index (χ3n) is 3.18. The maximum Gasteiger partial charge on any atom is 0.331 e. The number of halogens is 1. The van der Waals surface area contributed by atoms with Gasteiger partial charge < -0.3 is 14.8 Å². The molecule has 0 radical (unpaired) electrons. The number of carbonyl (C=O) groups is 1. The summed E-state index contributed by atoms with van der Waals surface area (Å²) in [6, 6.07) is 8.01. The van der Waals surface area contributed by atoms with Crippen molar-refractivity contribution in [2.75, 3.05) is 26.8 Å². The predicted molar refractivity (Wildman–Crippen MR) is 71.3 cm³/mol. The molecule has 0 bridgehead atoms. The fourth-order valence-corrected chi connectivity index (χ4v) is 2.40. The van der Waals surface area contributed by atoms with Gasteiger partial charge in [-0.1, -0.05) is 28.1 Å². The molecule has 1 aliphatic rings. The number of hydrogen-bond acceptors (Lipinski definition) is 4. The fourth-order valence-electron chi connectivity index (χ4n) is 2.13. The summed E-state index contributed by atoms with van der Waals surface area (Å²) in [6.07, 6.45) is 0.853. The molecule has 0 aromatic heterocycles. The molecular weight excluding hydrogens is 298 g/mol. The second-order valence-electron chi connectivity index (χ2n) is 4.29. The summed E-state index contributed by atoms with van der Waals surface area (Å²) in [6.45, 7) is 1.58. The molecule has 1 unspecified atom stereocenters. The molecule has 1 aromatic carbocycles. The molecule has 1 saturated heterocycles. The maximum atomic E-state index is 11.2. The second-order valence-corrected chi connectivity index (χ2v) is 5.21. The Kier molecular flexibility index (Phi) is 4.37. The van der Waals surface area contributed by atoms with Gasteiger partial charge in [0, 0.05) is 11.0 Å². The molecule has 0 aliphatic carbocycles. The van der Waals surface area contributed by atoms with E-state index in [1.165, 1.54) is 7.11 Å². The second kappa shape index (κ2) is 5.82. The van der Waals surface area contributed by atoms with Gasteiger partial charge in [-0.3, -0.25) is 0 Å². The lowest BCUT2D eigenvalue weighted by atomic mass is 9.93. The number of nitrogens with one attached hydrogen (secondary N) is 1. The van der Waals surface area contributed by atoms with Crippen LogP contribution < -0.4 is 5.32 Å². The summed E-state index contributed by atoms with van der Waals surface area (Å²) in [4.78, 5) is 11.2. The van der Waals surface area contributed by atoms with Crippen molar-refractivity contribution in [1.82, 2.24) is 5.32 Å². The predicted octanol–water partition coefficient (Wildman–Crippen LogP) is 1.83. The van der Waals surface area contributed by atoms with Crippen molar-refractivity contribution in [3.05, 3.63) is 34.3 Å². The lowest BCUT2D eigenvalue weighted by molar-refractivity contribution is -0.153. The highest BCUT2D eigenvalue weighted by atomic mass is 79.9. The number of esters is 1. The van der Waals surface area contributed by atoms with Gasteiger partial charge in [0.1, 0.15) is 12.2 Å². The zero-order valence-electron chi connectivity index (χ0n) is 10.2. The van der Waals surface area contributed by atoms with Gasteiger partial charge in [-0.25, -0.2) is 4.79 Å². The van der Waals surface area contributed by atoms with Gasteiger partial charge >= 0.3 is 5.97 Å². The number of rotatable bonds is 4. The summed E-state index contributed by atoms with van der Waals surface area (Å²) in [5, 5.41) is 3.28. The van der Waals surface area contributed by atoms with Gasteiger partial charge in [-0.15, -0.1) is 0 Å². The summed E-state index contributed by atoms with van der Waals surface area (Å²) in [7, 11) is 1.37. The van der Waals surface area contributed by atoms with Gasteiger partial charge in [0.2, 0.25) is 0 Å². The lowest BCUT2D eigenvalue weighted by Gasteiger charge is -2.28. The van der Waals surface area contributed by atoms with Gasteiger partial charge in [0.25, 0.3) is 0 Å². The first-order valence-electron chi connectivity index (χ1n) is 5.84. The molecule has 18 heavy (non-hydrogen) atoms. The van der Waals surface area contributed by atoms with Crippen LogP contribution in [-0.4, -0.2) is 32.8 Å². The molecule has 1 heterocycles. The van der Waals surface area contributed by atoms with E-state index in [-0.39, 0.29) is 12.6 Å². The fraction of sp³-hybridized carbons (Fsp3) is 0.462. The van der Waals surface area contributed by atoms with Crippen LogP contribution in [0.2, 0.25) is 0 Å². The van der Waals surface area contributed by atoms with E-state index in [1.54, 1.807) is 0 Å². The molecule has 5 heteroatoms. The van der Waals surface area contributed by atoms with Gasteiger partial charge in [-0.05, 0) is 30.7 Å². The summed E-state index contributed by atoms with van der Waals surface area (Å²) in [5.74, 6) is -0.349. The number of carbonyl (C=O) groups excluding carboxylic acids is 1. The quantitative estimate of drug-likeness (QED) is 0.862. The van der Waals surface area contributed by atoms with E-state index in [4.69, 9.17) is 4.74 Å². The van der Waals surface area contributed by atoms with Gasteiger partial charge in [0.15, 0.2) is 0 Å². The number of methoxy groups -OCH3 is 1. The SMILES string of the molecule is COC(=O)COC1(c2ccc(Br)cc2)CCNC1. The summed E-state index contributed by atoms with van der Waals surface area (Å²) < 4.78 is 11.5. The largest absolute Gasteiger partial charge is 0.467 e. The molecule has 2 rings (SSSR count). The van der Waals surface area contributed by atoms with Crippen LogP contribution in [0.25, 0.3) is 0 Å². The smallest absolute Gasteiger partial charge is 0.331 e. The Morgan fingerprint density at radius 2 is 2.17 bits per heavy atom. The van der Waals surface area contributed by atoms with Crippen molar-refractivity contribution < 1.29 is 14.3 Å². The molecule has 1 fully saturated rings. The third-order valence-corrected chi connectivity index (χ3v) is 3.71. The first-order chi connectivity index (χ1) is 8.66. The Balaban J connectivity index is 2.16. The molecule has 1 N–H and O–H groups in total. The number of hydrogen-bond donors (Lipinski definition) is 1. The van der Waals surface area contributed by atoms with Crippen LogP contribution in [0.3, 0.4) is 0 Å². The summed E-state index contributed by atoms with van der Waals surface area (Å²) in [5.41, 5.74) is 0.661. The highest BCUT2D eigenvalue weighted by Crippen LogP contribution is 2.32. The van der Waals surface area contributed by atoms with E-state index >= 15 is 0 Å². The highest BCUT2D eigenvalue weighted by molar-refractivity contribution is 9.10. The normalized spacial score (nSPS) is 23.0. The maximum absolute atomic E-state index is 11.2. The molecule has 1 aliphatic heterocycles. The van der Waals surface area contributed by atoms with Crippen LogP contribution in [-0.2, 0) is 19.9 Å². The minimum absolute atomic E-state index is 0.0196. The van der Waals surface area contributed by atoms with E-state index in [2.05, 4.69) is 26.0 Å². The molecular formula is C13H16BrNO3. The first-order valence-corrected chi connectivity index (χ1v) is 6.63. The standard InChI is InChI=1S/C13H16BrNO3/c1-17-12(16)8-18-13(6-7-15-9-13)10-2-4-11(14)5-3-10/h2-5,15H,6-9H2,1H3. The molecule has 0 spiro atoms. The Hall–Kier alpha value is -0.910. The Morgan fingerprint density at radius 1 is 1.44 bits per heavy atom. The van der Waals surface area contributed by atoms with E-state index < -0.39 is 5.60 Å². The Labute approximate surface area is 115 Å². The number of ether oxygens (including phenoxy) is 2. The van der Waals surface area contributed by atoms with Crippen LogP contribution in [0, 0.1) is 0 Å². The zero-order valence-corrected chi connectivity index (χ0v) is 11.8. The van der Waals surface area contributed by atoms with E-state index in [0.29, 0.717) is 6.54 Å². The first kappa shape index (κ1) is 13.5. The molecule has 1 atom stereocenters. The zero-order chi connectivity index (χ0) is 13.0. The average Bonchev–Trinajstić information content (AvgIpc) is 2.87. The molecule has 98 valence electrons. The van der Waals surface area contributed by atoms with Crippen molar-refractivity contribution >= 4 is 21.9 Å². The minimum atomic E-state index is -0.422. The average molecular weight is 314 g/mol. The van der Waals surface area contributed by atoms with E-state index in [9.17, 15) is 4.79 Å². The highest BCUT2D eigenvalue weighted by Gasteiger charge is 2.37. The topological polar surface area (TPSA) is 47.6 Å². The van der Waals surface area contributed by atoms with Crippen molar-refractivity contribution in [2.45, 2.75) is 12.0 Å². The molecule has 4 nitrogen and oxygen atoms in total. The van der Waals surface area contributed by atoms with Crippen LogP contribution >= 0.6 is 15.9 Å². The number of benzene rings is 1. The minimum Gasteiger partial charge on any atom is -0.467 e. The van der Waals surface area contributed by atoms with E-state index in [1.807, 2.05) is 24.3 Å². The van der Waals surface area contributed by atoms with Crippen molar-refractivity contribution in [3.63, 3.8) is 0 Å². The van der Waals surface area contributed by atoms with Crippen LogP contribution in [0.4, 0.5) is 0 Å². The van der Waals surface area contributed by atoms with Crippen molar-refractivity contribution in [1.29, 1.82) is 0 Å². The lowest BCUT2D eigenvalue weighted by Crippen LogP contribution is -2.34. The molecule has 0 saturated carbocycles. The summed E-state index contributed by atoms with van der Waals surface area (Å²) >= 11 is 3.41. The Bertz CT molecular complexity index is 413. The monoisotopic (exact) mass is 313 g/mol. The van der Waals surface area contributed by atoms with E-state index in [0.717, 1.165) is 23.0 Å². The third kappa shape index (κ3) is 2.91. The van der Waals surface area contributed by atoms with Crippen LogP contribution in [0.15, 0.2) is 28.7 Å². The molecule has 1 aromatic rings. The van der Waals surface area contributed by atoms with Crippen molar-refractivity contribution in [2.24, 2.45) is 0 Å². The van der Waals surface area contributed by atoms with Gasteiger partial charge in [0.05, 0.1) is 7.11 Å².